The average molecular weight is 275 g/mol. The van der Waals surface area contributed by atoms with Gasteiger partial charge in [0.25, 0.3) is 0 Å². The second kappa shape index (κ2) is 7.29. The number of hydrogen-bond acceptors (Lipinski definition) is 2. The first-order valence-electron chi connectivity index (χ1n) is 7.49. The number of carbonyl (C=O) groups excluding carboxylic acids is 1. The molecule has 1 aliphatic rings. The Morgan fingerprint density at radius 2 is 1.75 bits per heavy atom. The summed E-state index contributed by atoms with van der Waals surface area (Å²) in [5.41, 5.74) is 3.18. The molecule has 20 heavy (non-hydrogen) atoms. The first-order chi connectivity index (χ1) is 9.63. The van der Waals surface area contributed by atoms with Crippen molar-refractivity contribution in [3.8, 4) is 0 Å². The summed E-state index contributed by atoms with van der Waals surface area (Å²) in [6.45, 7) is 8.05. The molecule has 2 rings (SSSR count). The average Bonchev–Trinajstić information content (AvgIpc) is 2.38. The van der Waals surface area contributed by atoms with Gasteiger partial charge in [-0.3, -0.25) is 0 Å². The van der Waals surface area contributed by atoms with Gasteiger partial charge in [-0.25, -0.2) is 4.79 Å². The maximum atomic E-state index is 11.8. The fraction of sp³-hybridized carbons (Fsp3) is 0.562. The number of aryl methyl sites for hydroxylation is 2. The molecule has 1 fully saturated rings. The van der Waals surface area contributed by atoms with Gasteiger partial charge in [0, 0.05) is 18.8 Å². The lowest BCUT2D eigenvalue weighted by Gasteiger charge is -2.26. The van der Waals surface area contributed by atoms with E-state index in [0.717, 1.165) is 23.4 Å². The van der Waals surface area contributed by atoms with Crippen LogP contribution in [-0.4, -0.2) is 37.1 Å². The third kappa shape index (κ3) is 4.85. The summed E-state index contributed by atoms with van der Waals surface area (Å²) >= 11 is 0. The van der Waals surface area contributed by atoms with Crippen LogP contribution in [0.1, 0.15) is 30.4 Å². The largest absolute Gasteiger partial charge is 0.337 e. The van der Waals surface area contributed by atoms with Crippen molar-refractivity contribution in [1.82, 2.24) is 10.2 Å². The second-order valence-corrected chi connectivity index (χ2v) is 5.66. The molecule has 0 unspecified atom stereocenters. The number of urea groups is 1. The van der Waals surface area contributed by atoms with Crippen molar-refractivity contribution < 1.29 is 4.79 Å². The van der Waals surface area contributed by atoms with Crippen LogP contribution in [0.3, 0.4) is 0 Å². The van der Waals surface area contributed by atoms with E-state index in [1.54, 1.807) is 0 Å². The van der Waals surface area contributed by atoms with E-state index >= 15 is 0 Å². The minimum Gasteiger partial charge on any atom is -0.337 e. The summed E-state index contributed by atoms with van der Waals surface area (Å²) in [6, 6.07) is 5.94. The minimum atomic E-state index is -0.119. The summed E-state index contributed by atoms with van der Waals surface area (Å²) in [4.78, 5) is 14.3. The van der Waals surface area contributed by atoms with Gasteiger partial charge in [-0.05, 0) is 63.0 Å². The summed E-state index contributed by atoms with van der Waals surface area (Å²) in [5.74, 6) is 0. The third-order valence-corrected chi connectivity index (χ3v) is 3.64. The fourth-order valence-electron chi connectivity index (χ4n) is 2.73. The van der Waals surface area contributed by atoms with E-state index in [9.17, 15) is 4.79 Å². The molecule has 110 valence electrons. The second-order valence-electron chi connectivity index (χ2n) is 5.66. The first-order valence-corrected chi connectivity index (χ1v) is 7.49. The van der Waals surface area contributed by atoms with Crippen molar-refractivity contribution in [2.75, 3.05) is 31.5 Å². The summed E-state index contributed by atoms with van der Waals surface area (Å²) in [5, 5.41) is 5.82. The normalized spacial score (nSPS) is 15.9. The molecule has 2 amide bonds. The Hall–Kier alpha value is -1.55. The predicted octanol–water partition coefficient (Wildman–Crippen LogP) is 2.91. The number of nitrogens with zero attached hydrogens (tertiary/aromatic N) is 1. The molecule has 4 nitrogen and oxygen atoms in total. The molecule has 1 aromatic rings. The SMILES string of the molecule is Cc1cc(C)cc(NC(=O)NCCN2CCCCC2)c1. The molecule has 1 aliphatic heterocycles. The van der Waals surface area contributed by atoms with Crippen molar-refractivity contribution in [3.05, 3.63) is 29.3 Å². The molecular formula is C16H25N3O. The number of anilines is 1. The van der Waals surface area contributed by atoms with Crippen LogP contribution in [0.25, 0.3) is 0 Å². The Bertz CT molecular complexity index is 433. The van der Waals surface area contributed by atoms with Gasteiger partial charge in [0.2, 0.25) is 0 Å². The highest BCUT2D eigenvalue weighted by Crippen LogP contribution is 2.13. The molecule has 0 aromatic heterocycles. The molecule has 1 heterocycles. The number of carbonyl (C=O) groups is 1. The number of hydrogen-bond donors (Lipinski definition) is 2. The minimum absolute atomic E-state index is 0.119. The number of amides is 2. The smallest absolute Gasteiger partial charge is 0.319 e. The van der Waals surface area contributed by atoms with Crippen LogP contribution in [0, 0.1) is 13.8 Å². The van der Waals surface area contributed by atoms with Gasteiger partial charge >= 0.3 is 6.03 Å². The van der Waals surface area contributed by atoms with Gasteiger partial charge < -0.3 is 15.5 Å². The standard InChI is InChI=1S/C16H25N3O/c1-13-10-14(2)12-15(11-13)18-16(20)17-6-9-19-7-4-3-5-8-19/h10-12H,3-9H2,1-2H3,(H2,17,18,20). The Morgan fingerprint density at radius 3 is 2.40 bits per heavy atom. The van der Waals surface area contributed by atoms with Crippen LogP contribution in [0.5, 0.6) is 0 Å². The highest BCUT2D eigenvalue weighted by molar-refractivity contribution is 5.89. The lowest BCUT2D eigenvalue weighted by molar-refractivity contribution is 0.224. The molecule has 0 saturated carbocycles. The fourth-order valence-corrected chi connectivity index (χ4v) is 2.73. The monoisotopic (exact) mass is 275 g/mol. The van der Waals surface area contributed by atoms with Crippen LogP contribution < -0.4 is 10.6 Å². The van der Waals surface area contributed by atoms with Crippen LogP contribution in [0.2, 0.25) is 0 Å². The Labute approximate surface area is 121 Å². The van der Waals surface area contributed by atoms with E-state index in [1.165, 1.54) is 32.4 Å². The van der Waals surface area contributed by atoms with Crippen molar-refractivity contribution in [2.24, 2.45) is 0 Å². The molecule has 0 radical (unpaired) electrons. The van der Waals surface area contributed by atoms with Crippen molar-refractivity contribution in [3.63, 3.8) is 0 Å². The van der Waals surface area contributed by atoms with E-state index in [4.69, 9.17) is 0 Å². The van der Waals surface area contributed by atoms with E-state index in [2.05, 4.69) is 21.6 Å². The number of piperidine rings is 1. The number of nitrogens with one attached hydrogen (secondary N) is 2. The lowest BCUT2D eigenvalue weighted by atomic mass is 10.1. The van der Waals surface area contributed by atoms with E-state index in [0.29, 0.717) is 6.54 Å². The van der Waals surface area contributed by atoms with Gasteiger partial charge in [-0.15, -0.1) is 0 Å². The Kier molecular flexibility index (Phi) is 5.41. The summed E-state index contributed by atoms with van der Waals surface area (Å²) in [7, 11) is 0. The van der Waals surface area contributed by atoms with Gasteiger partial charge in [0.05, 0.1) is 0 Å². The molecular weight excluding hydrogens is 250 g/mol. The molecule has 2 N–H and O–H groups in total. The quantitative estimate of drug-likeness (QED) is 0.887. The molecule has 0 bridgehead atoms. The molecule has 4 heteroatoms. The van der Waals surface area contributed by atoms with Gasteiger partial charge in [-0.2, -0.15) is 0 Å². The lowest BCUT2D eigenvalue weighted by Crippen LogP contribution is -2.39. The molecule has 0 atom stereocenters. The zero-order valence-corrected chi connectivity index (χ0v) is 12.5. The van der Waals surface area contributed by atoms with Crippen LogP contribution in [0.4, 0.5) is 10.5 Å². The molecule has 0 aliphatic carbocycles. The van der Waals surface area contributed by atoms with Gasteiger partial charge in [-0.1, -0.05) is 12.5 Å². The van der Waals surface area contributed by atoms with Gasteiger partial charge in [0.15, 0.2) is 0 Å². The number of likely N-dealkylation sites (tertiary alicyclic amines) is 1. The number of benzene rings is 1. The number of rotatable bonds is 4. The first kappa shape index (κ1) is 14.9. The van der Waals surface area contributed by atoms with Crippen molar-refractivity contribution in [2.45, 2.75) is 33.1 Å². The maximum absolute atomic E-state index is 11.8. The van der Waals surface area contributed by atoms with Crippen LogP contribution in [-0.2, 0) is 0 Å². The molecule has 1 saturated heterocycles. The van der Waals surface area contributed by atoms with E-state index in [1.807, 2.05) is 26.0 Å². The Morgan fingerprint density at radius 1 is 1.10 bits per heavy atom. The highest BCUT2D eigenvalue weighted by atomic mass is 16.2. The summed E-state index contributed by atoms with van der Waals surface area (Å²) < 4.78 is 0. The Balaban J connectivity index is 1.72. The van der Waals surface area contributed by atoms with E-state index in [-0.39, 0.29) is 6.03 Å². The van der Waals surface area contributed by atoms with Crippen molar-refractivity contribution in [1.29, 1.82) is 0 Å². The van der Waals surface area contributed by atoms with Gasteiger partial charge in [0.1, 0.15) is 0 Å². The van der Waals surface area contributed by atoms with E-state index < -0.39 is 0 Å². The van der Waals surface area contributed by atoms with Crippen molar-refractivity contribution >= 4 is 11.7 Å². The van der Waals surface area contributed by atoms with Crippen LogP contribution >= 0.6 is 0 Å². The molecule has 0 spiro atoms. The van der Waals surface area contributed by atoms with Crippen LogP contribution in [0.15, 0.2) is 18.2 Å². The topological polar surface area (TPSA) is 44.4 Å². The zero-order chi connectivity index (χ0) is 14.4. The predicted molar refractivity (Wildman–Crippen MR) is 83.2 cm³/mol. The third-order valence-electron chi connectivity index (χ3n) is 3.64. The molecule has 1 aromatic carbocycles. The highest BCUT2D eigenvalue weighted by Gasteiger charge is 2.09. The summed E-state index contributed by atoms with van der Waals surface area (Å²) in [6.07, 6.45) is 3.92. The maximum Gasteiger partial charge on any atom is 0.319 e. The zero-order valence-electron chi connectivity index (χ0n) is 12.5.